The number of carbonyl (C=O) groups excluding carboxylic acids is 2. The van der Waals surface area contributed by atoms with Gasteiger partial charge in [-0.2, -0.15) is 0 Å². The van der Waals surface area contributed by atoms with Crippen molar-refractivity contribution in [3.05, 3.63) is 0 Å². The van der Waals surface area contributed by atoms with Gasteiger partial charge in [-0.25, -0.2) is 0 Å². The summed E-state index contributed by atoms with van der Waals surface area (Å²) in [6.45, 7) is 5.10. The van der Waals surface area contributed by atoms with E-state index < -0.39 is 0 Å². The quantitative estimate of drug-likeness (QED) is 0.793. The molecule has 0 aromatic carbocycles. The van der Waals surface area contributed by atoms with Crippen molar-refractivity contribution in [2.24, 2.45) is 5.92 Å². The van der Waals surface area contributed by atoms with Gasteiger partial charge in [-0.3, -0.25) is 9.59 Å². The summed E-state index contributed by atoms with van der Waals surface area (Å²) < 4.78 is 5.33. The molecule has 6 nitrogen and oxygen atoms in total. The molecule has 124 valence electrons. The average molecular weight is 309 g/mol. The second-order valence-corrected chi connectivity index (χ2v) is 6.51. The molecule has 1 N–H and O–H groups in total. The first-order valence-corrected chi connectivity index (χ1v) is 8.65. The number of amides is 2. The van der Waals surface area contributed by atoms with Crippen LogP contribution in [0.25, 0.3) is 0 Å². The molecule has 1 unspecified atom stereocenters. The number of ether oxygens (including phenoxy) is 1. The number of piperidine rings is 2. The van der Waals surface area contributed by atoms with Crippen LogP contribution in [0.2, 0.25) is 0 Å². The van der Waals surface area contributed by atoms with E-state index >= 15 is 0 Å². The average Bonchev–Trinajstić information content (AvgIpc) is 2.62. The number of morpholine rings is 1. The van der Waals surface area contributed by atoms with Crippen molar-refractivity contribution in [2.45, 2.75) is 38.1 Å². The van der Waals surface area contributed by atoms with Gasteiger partial charge >= 0.3 is 0 Å². The Balaban J connectivity index is 1.67. The topological polar surface area (TPSA) is 61.9 Å². The zero-order valence-corrected chi connectivity index (χ0v) is 13.3. The van der Waals surface area contributed by atoms with Crippen molar-refractivity contribution in [1.82, 2.24) is 15.1 Å². The summed E-state index contributed by atoms with van der Waals surface area (Å²) in [5.74, 6) is 0.428. The van der Waals surface area contributed by atoms with E-state index in [1.54, 1.807) is 0 Å². The van der Waals surface area contributed by atoms with Gasteiger partial charge in [0.05, 0.1) is 13.2 Å². The summed E-state index contributed by atoms with van der Waals surface area (Å²) >= 11 is 0. The van der Waals surface area contributed by atoms with E-state index in [4.69, 9.17) is 4.74 Å². The molecule has 0 saturated carbocycles. The summed E-state index contributed by atoms with van der Waals surface area (Å²) in [5.41, 5.74) is 0. The van der Waals surface area contributed by atoms with Crippen molar-refractivity contribution in [1.29, 1.82) is 0 Å². The lowest BCUT2D eigenvalue weighted by molar-refractivity contribution is -0.152. The molecule has 0 radical (unpaired) electrons. The van der Waals surface area contributed by atoms with Crippen molar-refractivity contribution < 1.29 is 14.3 Å². The number of hydrogen-bond donors (Lipinski definition) is 1. The molecular formula is C16H27N3O3. The van der Waals surface area contributed by atoms with E-state index in [0.29, 0.717) is 26.3 Å². The Morgan fingerprint density at radius 3 is 2.36 bits per heavy atom. The molecule has 22 heavy (non-hydrogen) atoms. The van der Waals surface area contributed by atoms with E-state index in [9.17, 15) is 9.59 Å². The second-order valence-electron chi connectivity index (χ2n) is 6.51. The molecule has 3 rings (SSSR count). The van der Waals surface area contributed by atoms with Crippen molar-refractivity contribution >= 4 is 11.8 Å². The summed E-state index contributed by atoms with van der Waals surface area (Å²) in [4.78, 5) is 29.4. The van der Waals surface area contributed by atoms with Crippen LogP contribution in [-0.4, -0.2) is 73.6 Å². The Hall–Kier alpha value is -1.14. The fourth-order valence-electron chi connectivity index (χ4n) is 3.75. The SMILES string of the molecule is O=C(C1CCCCN1C(=O)C1CCNCC1)N1CCOCC1. The van der Waals surface area contributed by atoms with Gasteiger partial charge < -0.3 is 19.9 Å². The minimum absolute atomic E-state index is 0.0966. The van der Waals surface area contributed by atoms with Crippen LogP contribution < -0.4 is 5.32 Å². The molecular weight excluding hydrogens is 282 g/mol. The maximum Gasteiger partial charge on any atom is 0.245 e. The van der Waals surface area contributed by atoms with Gasteiger partial charge in [0.25, 0.3) is 0 Å². The molecule has 1 atom stereocenters. The highest BCUT2D eigenvalue weighted by Crippen LogP contribution is 2.24. The maximum absolute atomic E-state index is 12.9. The highest BCUT2D eigenvalue weighted by Gasteiger charge is 2.37. The third-order valence-corrected chi connectivity index (χ3v) is 5.08. The van der Waals surface area contributed by atoms with Gasteiger partial charge in [-0.05, 0) is 45.2 Å². The number of rotatable bonds is 2. The van der Waals surface area contributed by atoms with Crippen LogP contribution in [0.5, 0.6) is 0 Å². The van der Waals surface area contributed by atoms with Crippen LogP contribution in [0.15, 0.2) is 0 Å². The Morgan fingerprint density at radius 2 is 1.64 bits per heavy atom. The van der Waals surface area contributed by atoms with E-state index in [-0.39, 0.29) is 23.8 Å². The molecule has 3 aliphatic heterocycles. The first-order valence-electron chi connectivity index (χ1n) is 8.65. The summed E-state index contributed by atoms with van der Waals surface area (Å²) in [6, 6.07) is -0.241. The zero-order valence-electron chi connectivity index (χ0n) is 13.3. The predicted molar refractivity (Wildman–Crippen MR) is 82.3 cm³/mol. The minimum Gasteiger partial charge on any atom is -0.378 e. The van der Waals surface area contributed by atoms with E-state index in [1.807, 2.05) is 9.80 Å². The van der Waals surface area contributed by atoms with Crippen LogP contribution in [0, 0.1) is 5.92 Å². The van der Waals surface area contributed by atoms with Crippen LogP contribution in [0.4, 0.5) is 0 Å². The molecule has 3 saturated heterocycles. The Morgan fingerprint density at radius 1 is 0.909 bits per heavy atom. The smallest absolute Gasteiger partial charge is 0.245 e. The first kappa shape index (κ1) is 15.7. The maximum atomic E-state index is 12.9. The predicted octanol–water partition coefficient (Wildman–Crippen LogP) is 0.226. The van der Waals surface area contributed by atoms with Crippen molar-refractivity contribution in [3.63, 3.8) is 0 Å². The summed E-state index contributed by atoms with van der Waals surface area (Å²) in [5, 5.41) is 3.30. The van der Waals surface area contributed by atoms with Gasteiger partial charge in [0.2, 0.25) is 11.8 Å². The van der Waals surface area contributed by atoms with Gasteiger partial charge in [-0.15, -0.1) is 0 Å². The molecule has 6 heteroatoms. The molecule has 0 aliphatic carbocycles. The highest BCUT2D eigenvalue weighted by molar-refractivity contribution is 5.89. The van der Waals surface area contributed by atoms with Crippen LogP contribution in [-0.2, 0) is 14.3 Å². The number of likely N-dealkylation sites (tertiary alicyclic amines) is 1. The molecule has 0 spiro atoms. The van der Waals surface area contributed by atoms with E-state index in [2.05, 4.69) is 5.32 Å². The lowest BCUT2D eigenvalue weighted by Gasteiger charge is -2.40. The number of hydrogen-bond acceptors (Lipinski definition) is 4. The summed E-state index contributed by atoms with van der Waals surface area (Å²) in [7, 11) is 0. The van der Waals surface area contributed by atoms with Crippen molar-refractivity contribution in [2.75, 3.05) is 45.9 Å². The molecule has 3 heterocycles. The van der Waals surface area contributed by atoms with E-state index in [0.717, 1.165) is 51.7 Å². The third kappa shape index (κ3) is 3.43. The Kier molecular flexibility index (Phi) is 5.31. The largest absolute Gasteiger partial charge is 0.378 e. The molecule has 2 amide bonds. The van der Waals surface area contributed by atoms with Crippen molar-refractivity contribution in [3.8, 4) is 0 Å². The summed E-state index contributed by atoms with van der Waals surface area (Å²) in [6.07, 6.45) is 4.66. The second kappa shape index (κ2) is 7.42. The zero-order chi connectivity index (χ0) is 15.4. The Bertz CT molecular complexity index is 365. The normalized spacial score (nSPS) is 27.7. The molecule has 3 fully saturated rings. The molecule has 0 bridgehead atoms. The minimum atomic E-state index is -0.241. The van der Waals surface area contributed by atoms with Gasteiger partial charge in [0.15, 0.2) is 0 Å². The molecule has 3 aliphatic rings. The Labute approximate surface area is 132 Å². The highest BCUT2D eigenvalue weighted by atomic mass is 16.5. The van der Waals surface area contributed by atoms with Crippen LogP contribution in [0.3, 0.4) is 0 Å². The van der Waals surface area contributed by atoms with Gasteiger partial charge in [0.1, 0.15) is 6.04 Å². The van der Waals surface area contributed by atoms with Gasteiger partial charge in [0, 0.05) is 25.6 Å². The third-order valence-electron chi connectivity index (χ3n) is 5.08. The number of nitrogens with zero attached hydrogens (tertiary/aromatic N) is 2. The van der Waals surface area contributed by atoms with Gasteiger partial charge in [-0.1, -0.05) is 0 Å². The standard InChI is InChI=1S/C16H27N3O3/c20-15(13-4-6-17-7-5-13)19-8-2-1-3-14(19)16(21)18-9-11-22-12-10-18/h13-14,17H,1-12H2. The number of carbonyl (C=O) groups is 2. The molecule has 0 aromatic rings. The number of nitrogens with one attached hydrogen (secondary N) is 1. The molecule has 0 aromatic heterocycles. The van der Waals surface area contributed by atoms with Crippen LogP contribution in [0.1, 0.15) is 32.1 Å². The fourth-order valence-corrected chi connectivity index (χ4v) is 3.75. The van der Waals surface area contributed by atoms with E-state index in [1.165, 1.54) is 0 Å². The monoisotopic (exact) mass is 309 g/mol. The fraction of sp³-hybridized carbons (Fsp3) is 0.875. The van der Waals surface area contributed by atoms with Crippen LogP contribution >= 0.6 is 0 Å². The lowest BCUT2D eigenvalue weighted by atomic mass is 9.93. The first-order chi connectivity index (χ1) is 10.8. The lowest BCUT2D eigenvalue weighted by Crippen LogP contribution is -2.56.